The zero-order valence-corrected chi connectivity index (χ0v) is 7.52. The van der Waals surface area contributed by atoms with Crippen LogP contribution in [0.3, 0.4) is 0 Å². The van der Waals surface area contributed by atoms with E-state index in [1.165, 1.54) is 11.8 Å². The molecule has 11 heavy (non-hydrogen) atoms. The van der Waals surface area contributed by atoms with E-state index in [9.17, 15) is 4.79 Å². The average molecular weight is 178 g/mol. The van der Waals surface area contributed by atoms with Crippen molar-refractivity contribution in [3.05, 3.63) is 0 Å². The van der Waals surface area contributed by atoms with Crippen LogP contribution >= 0.6 is 11.8 Å². The van der Waals surface area contributed by atoms with Gasteiger partial charge in [0.15, 0.2) is 5.12 Å². The molecule has 66 valence electrons. The van der Waals surface area contributed by atoms with E-state index >= 15 is 0 Å². The van der Waals surface area contributed by atoms with Crippen LogP contribution in [-0.4, -0.2) is 29.4 Å². The van der Waals surface area contributed by atoms with Crippen LogP contribution in [0.2, 0.25) is 0 Å². The first-order valence-corrected chi connectivity index (χ1v) is 4.64. The molecule has 4 heteroatoms. The third-order valence-corrected chi connectivity index (χ3v) is 2.18. The first-order chi connectivity index (χ1) is 5.31. The van der Waals surface area contributed by atoms with Crippen molar-refractivity contribution in [3.8, 4) is 0 Å². The zero-order chi connectivity index (χ0) is 8.53. The van der Waals surface area contributed by atoms with Crippen LogP contribution < -0.4 is 0 Å². The van der Waals surface area contributed by atoms with E-state index in [0.29, 0.717) is 13.0 Å². The Labute approximate surface area is 71.1 Å². The monoisotopic (exact) mass is 178 g/mol. The molecular weight excluding hydrogens is 164 g/mol. The highest BCUT2D eigenvalue weighted by Crippen LogP contribution is 2.06. The van der Waals surface area contributed by atoms with Gasteiger partial charge in [-0.1, -0.05) is 18.7 Å². The van der Waals surface area contributed by atoms with E-state index in [0.717, 1.165) is 12.2 Å². The minimum atomic E-state index is -0.230. The third-order valence-electron chi connectivity index (χ3n) is 1.08. The molecule has 0 aromatic heterocycles. The molecular formula is C7H14O3S. The van der Waals surface area contributed by atoms with Crippen molar-refractivity contribution in [2.45, 2.75) is 19.8 Å². The molecule has 0 radical (unpaired) electrons. The lowest BCUT2D eigenvalue weighted by atomic mass is 10.5. The first kappa shape index (κ1) is 10.9. The molecule has 0 atom stereocenters. The fraction of sp³-hybridized carbons (Fsp3) is 0.857. The fourth-order valence-electron chi connectivity index (χ4n) is 0.514. The number of carbonyl (C=O) groups is 1. The molecule has 0 aromatic carbocycles. The van der Waals surface area contributed by atoms with Gasteiger partial charge in [0.05, 0.1) is 6.61 Å². The average Bonchev–Trinajstić information content (AvgIpc) is 2.04. The molecule has 0 spiro atoms. The van der Waals surface area contributed by atoms with Crippen LogP contribution in [0.1, 0.15) is 19.8 Å². The zero-order valence-electron chi connectivity index (χ0n) is 6.71. The maximum atomic E-state index is 10.7. The van der Waals surface area contributed by atoms with Crippen molar-refractivity contribution in [2.75, 3.05) is 19.2 Å². The molecule has 0 saturated heterocycles. The molecule has 3 nitrogen and oxygen atoms in total. The molecule has 0 aliphatic carbocycles. The molecule has 0 fully saturated rings. The third kappa shape index (κ3) is 7.84. The Morgan fingerprint density at radius 2 is 2.36 bits per heavy atom. The Bertz CT molecular complexity index is 106. The molecule has 0 rings (SSSR count). The van der Waals surface area contributed by atoms with Crippen molar-refractivity contribution < 1.29 is 14.6 Å². The number of aliphatic hydroxyl groups excluding tert-OH is 1. The van der Waals surface area contributed by atoms with Crippen molar-refractivity contribution in [1.82, 2.24) is 0 Å². The molecule has 0 aliphatic rings. The van der Waals surface area contributed by atoms with Gasteiger partial charge in [0.1, 0.15) is 6.79 Å². The number of aliphatic hydroxyl groups is 1. The second kappa shape index (κ2) is 8.04. The molecule has 0 aliphatic heterocycles. The Balaban J connectivity index is 2.95. The molecule has 0 bridgehead atoms. The van der Waals surface area contributed by atoms with Crippen LogP contribution in [-0.2, 0) is 9.53 Å². The van der Waals surface area contributed by atoms with Gasteiger partial charge in [-0.25, -0.2) is 0 Å². The highest BCUT2D eigenvalue weighted by atomic mass is 32.2. The lowest BCUT2D eigenvalue weighted by Crippen LogP contribution is -1.98. The van der Waals surface area contributed by atoms with Gasteiger partial charge in [0.2, 0.25) is 0 Å². The number of carbonyl (C=O) groups excluding carboxylic acids is 1. The minimum absolute atomic E-state index is 0.217. The summed E-state index contributed by atoms with van der Waals surface area (Å²) < 4.78 is 4.68. The smallest absolute Gasteiger partial charge is 0.188 e. The number of hydrogen-bond donors (Lipinski definition) is 1. The minimum Gasteiger partial charge on any atom is -0.371 e. The predicted molar refractivity (Wildman–Crippen MR) is 45.4 cm³/mol. The Morgan fingerprint density at radius 1 is 1.64 bits per heavy atom. The lowest BCUT2D eigenvalue weighted by Gasteiger charge is -1.98. The highest BCUT2D eigenvalue weighted by molar-refractivity contribution is 8.13. The van der Waals surface area contributed by atoms with Gasteiger partial charge in [-0.3, -0.25) is 4.79 Å². The summed E-state index contributed by atoms with van der Waals surface area (Å²) in [6.45, 7) is 2.15. The Hall–Kier alpha value is -0.0600. The second-order valence-electron chi connectivity index (χ2n) is 1.96. The lowest BCUT2D eigenvalue weighted by molar-refractivity contribution is -0.110. The Kier molecular flexibility index (Phi) is 8.00. The van der Waals surface area contributed by atoms with E-state index in [1.807, 2.05) is 6.92 Å². The predicted octanol–water partition coefficient (Wildman–Crippen LogP) is 1.01. The van der Waals surface area contributed by atoms with E-state index in [1.54, 1.807) is 0 Å². The van der Waals surface area contributed by atoms with Gasteiger partial charge >= 0.3 is 0 Å². The number of hydrogen-bond acceptors (Lipinski definition) is 4. The van der Waals surface area contributed by atoms with Crippen LogP contribution in [0.4, 0.5) is 0 Å². The summed E-state index contributed by atoms with van der Waals surface area (Å²) in [7, 11) is 0. The van der Waals surface area contributed by atoms with Gasteiger partial charge in [0.25, 0.3) is 0 Å². The largest absolute Gasteiger partial charge is 0.371 e. The van der Waals surface area contributed by atoms with Gasteiger partial charge in [-0.2, -0.15) is 0 Å². The van der Waals surface area contributed by atoms with Crippen molar-refractivity contribution >= 4 is 16.9 Å². The Morgan fingerprint density at radius 3 is 2.91 bits per heavy atom. The summed E-state index contributed by atoms with van der Waals surface area (Å²) in [4.78, 5) is 10.7. The van der Waals surface area contributed by atoms with Gasteiger partial charge < -0.3 is 9.84 Å². The number of thioether (sulfide) groups is 1. The highest BCUT2D eigenvalue weighted by Gasteiger charge is 1.97. The molecule has 0 aromatic rings. The molecule has 0 unspecified atom stereocenters. The summed E-state index contributed by atoms with van der Waals surface area (Å²) in [6.07, 6.45) is 1.41. The van der Waals surface area contributed by atoms with Gasteiger partial charge in [-0.05, 0) is 6.42 Å². The van der Waals surface area contributed by atoms with E-state index in [4.69, 9.17) is 5.11 Å². The SMILES string of the molecule is CCC(=O)SCCCOCO. The topological polar surface area (TPSA) is 46.5 Å². The van der Waals surface area contributed by atoms with Crippen molar-refractivity contribution in [3.63, 3.8) is 0 Å². The number of rotatable bonds is 6. The second-order valence-corrected chi connectivity index (χ2v) is 3.12. The molecule has 0 amide bonds. The van der Waals surface area contributed by atoms with Crippen LogP contribution in [0.5, 0.6) is 0 Å². The molecule has 1 N–H and O–H groups in total. The van der Waals surface area contributed by atoms with Crippen LogP contribution in [0.25, 0.3) is 0 Å². The van der Waals surface area contributed by atoms with E-state index in [-0.39, 0.29) is 11.9 Å². The summed E-state index contributed by atoms with van der Waals surface area (Å²) in [6, 6.07) is 0. The quantitative estimate of drug-likeness (QED) is 0.487. The van der Waals surface area contributed by atoms with Crippen molar-refractivity contribution in [2.24, 2.45) is 0 Å². The summed E-state index contributed by atoms with van der Waals surface area (Å²) in [5.74, 6) is 0.784. The van der Waals surface area contributed by atoms with Gasteiger partial charge in [0, 0.05) is 12.2 Å². The molecule has 0 heterocycles. The first-order valence-electron chi connectivity index (χ1n) is 3.65. The summed E-state index contributed by atoms with van der Waals surface area (Å²) in [5.41, 5.74) is 0. The van der Waals surface area contributed by atoms with E-state index < -0.39 is 0 Å². The maximum absolute atomic E-state index is 10.7. The van der Waals surface area contributed by atoms with Crippen LogP contribution in [0, 0.1) is 0 Å². The fourth-order valence-corrected chi connectivity index (χ4v) is 1.21. The number of ether oxygens (including phenoxy) is 1. The van der Waals surface area contributed by atoms with E-state index in [2.05, 4.69) is 4.74 Å². The summed E-state index contributed by atoms with van der Waals surface area (Å²) in [5, 5.41) is 8.44. The maximum Gasteiger partial charge on any atom is 0.188 e. The normalized spacial score (nSPS) is 10.0. The molecule has 0 saturated carbocycles. The summed E-state index contributed by atoms with van der Waals surface area (Å²) >= 11 is 1.33. The van der Waals surface area contributed by atoms with Gasteiger partial charge in [-0.15, -0.1) is 0 Å². The van der Waals surface area contributed by atoms with Crippen LogP contribution in [0.15, 0.2) is 0 Å². The standard InChI is InChI=1S/C7H14O3S/c1-2-7(9)11-5-3-4-10-6-8/h8H,2-6H2,1H3. The van der Waals surface area contributed by atoms with Crippen molar-refractivity contribution in [1.29, 1.82) is 0 Å².